The Morgan fingerprint density at radius 3 is 2.67 bits per heavy atom. The number of benzene rings is 1. The van der Waals surface area contributed by atoms with E-state index in [1.165, 1.54) is 5.56 Å². The molecule has 3 N–H and O–H groups in total. The monoisotopic (exact) mass is 322 g/mol. The number of hydrogen-bond donors (Lipinski definition) is 3. The molecule has 3 aromatic rings. The third-order valence-electron chi connectivity index (χ3n) is 3.60. The van der Waals surface area contributed by atoms with Gasteiger partial charge in [0.2, 0.25) is 5.91 Å². The summed E-state index contributed by atoms with van der Waals surface area (Å²) in [5.41, 5.74) is 4.50. The number of aromatic amines is 1. The van der Waals surface area contributed by atoms with Gasteiger partial charge in [0.25, 0.3) is 0 Å². The van der Waals surface area contributed by atoms with Crippen molar-refractivity contribution in [2.75, 3.05) is 6.61 Å². The van der Waals surface area contributed by atoms with Gasteiger partial charge in [0.05, 0.1) is 23.6 Å². The van der Waals surface area contributed by atoms with Gasteiger partial charge in [-0.05, 0) is 19.1 Å². The molecule has 6 heteroatoms. The molecule has 2 aromatic heterocycles. The molecule has 0 fully saturated rings. The lowest BCUT2D eigenvalue weighted by Crippen LogP contribution is -2.26. The van der Waals surface area contributed by atoms with E-state index < -0.39 is 12.5 Å². The van der Waals surface area contributed by atoms with Gasteiger partial charge in [-0.3, -0.25) is 9.78 Å². The molecule has 122 valence electrons. The van der Waals surface area contributed by atoms with Crippen LogP contribution in [0, 0.1) is 6.92 Å². The SMILES string of the molecule is Cc1ccc(-c2nc(CNC(=O)CO)[nH]c2-c2ccccn2)cc1. The summed E-state index contributed by atoms with van der Waals surface area (Å²) in [6.45, 7) is 1.70. The predicted octanol–water partition coefficient (Wildman–Crippen LogP) is 2.06. The van der Waals surface area contributed by atoms with Crippen LogP contribution in [0.1, 0.15) is 11.4 Å². The summed E-state index contributed by atoms with van der Waals surface area (Å²) in [5.74, 6) is 0.163. The summed E-state index contributed by atoms with van der Waals surface area (Å²) in [6.07, 6.45) is 1.72. The van der Waals surface area contributed by atoms with E-state index in [1.54, 1.807) is 6.20 Å². The molecule has 6 nitrogen and oxygen atoms in total. The standard InChI is InChI=1S/C18H18N4O2/c1-12-5-7-13(8-6-12)17-18(14-4-2-3-9-19-14)22-15(21-17)10-20-16(24)11-23/h2-9,23H,10-11H2,1H3,(H,20,24)(H,21,22). The second-order valence-corrected chi connectivity index (χ2v) is 5.42. The van der Waals surface area contributed by atoms with E-state index in [-0.39, 0.29) is 6.54 Å². The lowest BCUT2D eigenvalue weighted by molar-refractivity contribution is -0.124. The number of carbonyl (C=O) groups is 1. The van der Waals surface area contributed by atoms with Crippen LogP contribution in [0.2, 0.25) is 0 Å². The van der Waals surface area contributed by atoms with Gasteiger partial charge in [-0.2, -0.15) is 0 Å². The Kier molecular flexibility index (Phi) is 4.67. The minimum atomic E-state index is -0.543. The Bertz CT molecular complexity index is 826. The van der Waals surface area contributed by atoms with Crippen molar-refractivity contribution < 1.29 is 9.90 Å². The molecule has 0 unspecified atom stereocenters. The summed E-state index contributed by atoms with van der Waals surface area (Å²) in [6, 6.07) is 13.7. The van der Waals surface area contributed by atoms with Gasteiger partial charge >= 0.3 is 0 Å². The minimum Gasteiger partial charge on any atom is -0.387 e. The maximum absolute atomic E-state index is 11.2. The fourth-order valence-electron chi connectivity index (χ4n) is 2.36. The van der Waals surface area contributed by atoms with Crippen LogP contribution in [-0.4, -0.2) is 32.6 Å². The number of aliphatic hydroxyl groups excluding tert-OH is 1. The number of amides is 1. The normalized spacial score (nSPS) is 10.6. The van der Waals surface area contributed by atoms with Crippen LogP contribution in [-0.2, 0) is 11.3 Å². The summed E-state index contributed by atoms with van der Waals surface area (Å²) in [4.78, 5) is 23.4. The predicted molar refractivity (Wildman–Crippen MR) is 90.9 cm³/mol. The van der Waals surface area contributed by atoms with Gasteiger partial charge in [-0.1, -0.05) is 35.9 Å². The topological polar surface area (TPSA) is 90.9 Å². The Morgan fingerprint density at radius 1 is 1.21 bits per heavy atom. The first-order valence-electron chi connectivity index (χ1n) is 7.62. The highest BCUT2D eigenvalue weighted by Crippen LogP contribution is 2.29. The van der Waals surface area contributed by atoms with E-state index >= 15 is 0 Å². The molecule has 2 heterocycles. The molecule has 0 spiro atoms. The van der Waals surface area contributed by atoms with Gasteiger partial charge in [0.15, 0.2) is 0 Å². The fourth-order valence-corrected chi connectivity index (χ4v) is 2.36. The number of H-pyrrole nitrogens is 1. The summed E-state index contributed by atoms with van der Waals surface area (Å²) in [5, 5.41) is 11.4. The average molecular weight is 322 g/mol. The number of carbonyl (C=O) groups excluding carboxylic acids is 1. The molecule has 3 rings (SSSR count). The number of nitrogens with one attached hydrogen (secondary N) is 2. The molecule has 0 radical (unpaired) electrons. The Morgan fingerprint density at radius 2 is 2.00 bits per heavy atom. The molecular formula is C18H18N4O2. The lowest BCUT2D eigenvalue weighted by Gasteiger charge is -2.02. The highest BCUT2D eigenvalue weighted by atomic mass is 16.3. The highest BCUT2D eigenvalue weighted by molar-refractivity contribution is 5.78. The van der Waals surface area contributed by atoms with Gasteiger partial charge in [0, 0.05) is 11.8 Å². The van der Waals surface area contributed by atoms with Crippen molar-refractivity contribution in [2.45, 2.75) is 13.5 Å². The van der Waals surface area contributed by atoms with Crippen LogP contribution in [0.5, 0.6) is 0 Å². The number of hydrogen-bond acceptors (Lipinski definition) is 4. The van der Waals surface area contributed by atoms with Crippen LogP contribution < -0.4 is 5.32 Å². The highest BCUT2D eigenvalue weighted by Gasteiger charge is 2.15. The van der Waals surface area contributed by atoms with Gasteiger partial charge in [0.1, 0.15) is 12.4 Å². The molecule has 1 amide bonds. The summed E-state index contributed by atoms with van der Waals surface area (Å²) >= 11 is 0. The molecule has 0 aliphatic heterocycles. The number of aliphatic hydroxyl groups is 1. The van der Waals surface area contributed by atoms with Crippen LogP contribution in [0.25, 0.3) is 22.6 Å². The van der Waals surface area contributed by atoms with Crippen LogP contribution in [0.15, 0.2) is 48.7 Å². The fraction of sp³-hybridized carbons (Fsp3) is 0.167. The van der Waals surface area contributed by atoms with Gasteiger partial charge in [-0.15, -0.1) is 0 Å². The zero-order valence-corrected chi connectivity index (χ0v) is 13.3. The molecule has 0 aliphatic rings. The van der Waals surface area contributed by atoms with Crippen LogP contribution >= 0.6 is 0 Å². The summed E-state index contributed by atoms with van der Waals surface area (Å²) in [7, 11) is 0. The second-order valence-electron chi connectivity index (χ2n) is 5.42. The Balaban J connectivity index is 2.00. The largest absolute Gasteiger partial charge is 0.387 e. The first-order valence-corrected chi connectivity index (χ1v) is 7.62. The van der Waals surface area contributed by atoms with Crippen molar-refractivity contribution in [1.82, 2.24) is 20.3 Å². The van der Waals surface area contributed by atoms with Crippen molar-refractivity contribution in [3.8, 4) is 22.6 Å². The van der Waals surface area contributed by atoms with Crippen molar-refractivity contribution in [3.63, 3.8) is 0 Å². The number of nitrogens with zero attached hydrogens (tertiary/aromatic N) is 2. The Hall–Kier alpha value is -2.99. The maximum atomic E-state index is 11.2. The molecule has 0 bridgehead atoms. The van der Waals surface area contributed by atoms with Crippen molar-refractivity contribution in [2.24, 2.45) is 0 Å². The van der Waals surface area contributed by atoms with Crippen molar-refractivity contribution in [1.29, 1.82) is 0 Å². The third kappa shape index (κ3) is 3.49. The van der Waals surface area contributed by atoms with E-state index in [9.17, 15) is 4.79 Å². The molecule has 24 heavy (non-hydrogen) atoms. The molecule has 1 aromatic carbocycles. The second kappa shape index (κ2) is 7.06. The molecular weight excluding hydrogens is 304 g/mol. The number of rotatable bonds is 5. The van der Waals surface area contributed by atoms with E-state index in [1.807, 2.05) is 49.4 Å². The molecule has 0 aliphatic carbocycles. The van der Waals surface area contributed by atoms with Crippen LogP contribution in [0.4, 0.5) is 0 Å². The average Bonchev–Trinajstić information content (AvgIpc) is 3.05. The molecule has 0 atom stereocenters. The van der Waals surface area contributed by atoms with Crippen molar-refractivity contribution >= 4 is 5.91 Å². The first-order chi connectivity index (χ1) is 11.7. The van der Waals surface area contributed by atoms with Gasteiger partial charge < -0.3 is 15.4 Å². The minimum absolute atomic E-state index is 0.213. The zero-order chi connectivity index (χ0) is 16.9. The first kappa shape index (κ1) is 15.9. The van der Waals surface area contributed by atoms with E-state index in [0.717, 1.165) is 22.6 Å². The van der Waals surface area contributed by atoms with Crippen molar-refractivity contribution in [3.05, 3.63) is 60.0 Å². The number of aromatic nitrogens is 3. The Labute approximate surface area is 139 Å². The number of pyridine rings is 1. The molecule has 0 saturated heterocycles. The third-order valence-corrected chi connectivity index (χ3v) is 3.60. The van der Waals surface area contributed by atoms with E-state index in [4.69, 9.17) is 5.11 Å². The molecule has 0 saturated carbocycles. The zero-order valence-electron chi connectivity index (χ0n) is 13.3. The van der Waals surface area contributed by atoms with Crippen LogP contribution in [0.3, 0.4) is 0 Å². The van der Waals surface area contributed by atoms with E-state index in [0.29, 0.717) is 5.82 Å². The number of imidazole rings is 1. The quantitative estimate of drug-likeness (QED) is 0.670. The summed E-state index contributed by atoms with van der Waals surface area (Å²) < 4.78 is 0. The maximum Gasteiger partial charge on any atom is 0.246 e. The number of aryl methyl sites for hydroxylation is 1. The smallest absolute Gasteiger partial charge is 0.246 e. The van der Waals surface area contributed by atoms with E-state index in [2.05, 4.69) is 20.3 Å². The van der Waals surface area contributed by atoms with Gasteiger partial charge in [-0.25, -0.2) is 4.98 Å². The lowest BCUT2D eigenvalue weighted by atomic mass is 10.1.